The fraction of sp³-hybridized carbons (Fsp3) is 0.400. The maximum Gasteiger partial charge on any atom is 0.148 e. The highest BCUT2D eigenvalue weighted by Crippen LogP contribution is 2.31. The van der Waals surface area contributed by atoms with Crippen molar-refractivity contribution in [1.82, 2.24) is 0 Å². The van der Waals surface area contributed by atoms with Crippen molar-refractivity contribution in [1.29, 1.82) is 0 Å². The lowest BCUT2D eigenvalue weighted by molar-refractivity contribution is 0.618. The minimum Gasteiger partial charge on any atom is -0.377 e. The molecule has 1 aliphatic heterocycles. The first-order chi connectivity index (χ1) is 6.18. The van der Waals surface area contributed by atoms with Crippen molar-refractivity contribution in [3.8, 4) is 0 Å². The first-order valence-electron chi connectivity index (χ1n) is 4.44. The van der Waals surface area contributed by atoms with Crippen LogP contribution >= 0.6 is 0 Å². The van der Waals surface area contributed by atoms with Crippen molar-refractivity contribution in [2.45, 2.75) is 13.0 Å². The predicted octanol–water partition coefficient (Wildman–Crippen LogP) is 2.08. The number of nitrogens with zero attached hydrogens (tertiary/aromatic N) is 1. The zero-order chi connectivity index (χ0) is 9.42. The van der Waals surface area contributed by atoms with Crippen LogP contribution in [0.15, 0.2) is 18.2 Å². The Balaban J connectivity index is 2.49. The molecule has 0 saturated heterocycles. The topological polar surface area (TPSA) is 15.3 Å². The van der Waals surface area contributed by atoms with E-state index in [1.165, 1.54) is 6.07 Å². The lowest BCUT2D eigenvalue weighted by atomic mass is 10.1. The summed E-state index contributed by atoms with van der Waals surface area (Å²) in [5.74, 6) is -0.170. The monoisotopic (exact) mass is 180 g/mol. The third-order valence-corrected chi connectivity index (χ3v) is 2.34. The van der Waals surface area contributed by atoms with Gasteiger partial charge in [0.05, 0.1) is 11.4 Å². The molecule has 1 aromatic carbocycles. The van der Waals surface area contributed by atoms with Gasteiger partial charge >= 0.3 is 0 Å². The van der Waals surface area contributed by atoms with Gasteiger partial charge in [-0.25, -0.2) is 4.39 Å². The van der Waals surface area contributed by atoms with Gasteiger partial charge in [-0.05, 0) is 19.1 Å². The summed E-state index contributed by atoms with van der Waals surface area (Å²) < 4.78 is 13.3. The summed E-state index contributed by atoms with van der Waals surface area (Å²) in [6.45, 7) is 2.96. The molecule has 1 aliphatic rings. The van der Waals surface area contributed by atoms with Gasteiger partial charge in [0.25, 0.3) is 0 Å². The normalized spacial score (nSPS) is 20.8. The van der Waals surface area contributed by atoms with Gasteiger partial charge in [0, 0.05) is 19.6 Å². The number of fused-ring (bicyclic) bond motifs is 1. The standard InChI is InChI=1S/C10H13FN2/c1-7-6-13(2)9-5-3-4-8(11)10(9)12-7/h3-5,7,12H,6H2,1-2H3. The molecule has 0 fully saturated rings. The maximum atomic E-state index is 13.3. The van der Waals surface area contributed by atoms with E-state index < -0.39 is 0 Å². The molecule has 0 spiro atoms. The number of anilines is 2. The molecule has 13 heavy (non-hydrogen) atoms. The van der Waals surface area contributed by atoms with Gasteiger partial charge in [-0.2, -0.15) is 0 Å². The molecule has 1 unspecified atom stereocenters. The van der Waals surface area contributed by atoms with E-state index in [1.807, 2.05) is 20.0 Å². The van der Waals surface area contributed by atoms with E-state index in [0.717, 1.165) is 12.2 Å². The zero-order valence-corrected chi connectivity index (χ0v) is 7.84. The van der Waals surface area contributed by atoms with Gasteiger partial charge in [-0.1, -0.05) is 6.07 Å². The van der Waals surface area contributed by atoms with Gasteiger partial charge in [-0.3, -0.25) is 0 Å². The molecule has 2 rings (SSSR count). The van der Waals surface area contributed by atoms with E-state index >= 15 is 0 Å². The average Bonchev–Trinajstić information content (AvgIpc) is 2.07. The van der Waals surface area contributed by atoms with Crippen LogP contribution in [0, 0.1) is 5.82 Å². The highest BCUT2D eigenvalue weighted by molar-refractivity contribution is 5.72. The van der Waals surface area contributed by atoms with Crippen molar-refractivity contribution in [3.05, 3.63) is 24.0 Å². The second kappa shape index (κ2) is 2.91. The third-order valence-electron chi connectivity index (χ3n) is 2.34. The Morgan fingerprint density at radius 2 is 2.31 bits per heavy atom. The molecule has 0 amide bonds. The first-order valence-corrected chi connectivity index (χ1v) is 4.44. The van der Waals surface area contributed by atoms with Gasteiger partial charge in [0.2, 0.25) is 0 Å². The molecule has 1 aromatic rings. The van der Waals surface area contributed by atoms with Crippen LogP contribution in [0.5, 0.6) is 0 Å². The van der Waals surface area contributed by atoms with Crippen LogP contribution in [0.25, 0.3) is 0 Å². The van der Waals surface area contributed by atoms with Crippen LogP contribution in [0.3, 0.4) is 0 Å². The van der Waals surface area contributed by atoms with Crippen LogP contribution in [-0.2, 0) is 0 Å². The molecule has 0 aliphatic carbocycles. The van der Waals surface area contributed by atoms with Crippen molar-refractivity contribution in [2.75, 3.05) is 23.8 Å². The van der Waals surface area contributed by atoms with Gasteiger partial charge in [0.15, 0.2) is 0 Å². The molecule has 1 atom stereocenters. The molecule has 0 bridgehead atoms. The van der Waals surface area contributed by atoms with Crippen LogP contribution < -0.4 is 10.2 Å². The summed E-state index contributed by atoms with van der Waals surface area (Å²) in [6.07, 6.45) is 0. The van der Waals surface area contributed by atoms with Crippen LogP contribution in [0.4, 0.5) is 15.8 Å². The van der Waals surface area contributed by atoms with Crippen molar-refractivity contribution >= 4 is 11.4 Å². The Morgan fingerprint density at radius 3 is 3.08 bits per heavy atom. The smallest absolute Gasteiger partial charge is 0.148 e. The van der Waals surface area contributed by atoms with Crippen LogP contribution in [-0.4, -0.2) is 19.6 Å². The number of likely N-dealkylation sites (N-methyl/N-ethyl adjacent to an activating group) is 1. The molecule has 0 saturated carbocycles. The number of hydrogen-bond acceptors (Lipinski definition) is 2. The second-order valence-electron chi connectivity index (χ2n) is 3.56. The van der Waals surface area contributed by atoms with Crippen LogP contribution in [0.2, 0.25) is 0 Å². The quantitative estimate of drug-likeness (QED) is 0.657. The molecular weight excluding hydrogens is 167 g/mol. The molecular formula is C10H13FN2. The number of halogens is 1. The Morgan fingerprint density at radius 1 is 1.54 bits per heavy atom. The summed E-state index contributed by atoms with van der Waals surface area (Å²) in [5.41, 5.74) is 1.57. The molecule has 0 radical (unpaired) electrons. The Labute approximate surface area is 77.4 Å². The second-order valence-corrected chi connectivity index (χ2v) is 3.56. The molecule has 70 valence electrons. The summed E-state index contributed by atoms with van der Waals surface area (Å²) >= 11 is 0. The van der Waals surface area contributed by atoms with E-state index in [-0.39, 0.29) is 5.82 Å². The van der Waals surface area contributed by atoms with E-state index in [2.05, 4.69) is 10.2 Å². The summed E-state index contributed by atoms with van der Waals surface area (Å²) in [4.78, 5) is 2.07. The van der Waals surface area contributed by atoms with E-state index in [9.17, 15) is 4.39 Å². The molecule has 3 heteroatoms. The third kappa shape index (κ3) is 1.34. The molecule has 1 N–H and O–H groups in total. The number of para-hydroxylation sites is 1. The maximum absolute atomic E-state index is 13.3. The van der Waals surface area contributed by atoms with E-state index in [4.69, 9.17) is 0 Å². The Hall–Kier alpha value is -1.25. The van der Waals surface area contributed by atoms with Gasteiger partial charge in [-0.15, -0.1) is 0 Å². The minimum atomic E-state index is -0.170. The fourth-order valence-corrected chi connectivity index (χ4v) is 1.77. The zero-order valence-electron chi connectivity index (χ0n) is 7.84. The summed E-state index contributed by atoms with van der Waals surface area (Å²) in [7, 11) is 1.98. The fourth-order valence-electron chi connectivity index (χ4n) is 1.77. The number of nitrogens with one attached hydrogen (secondary N) is 1. The molecule has 1 heterocycles. The van der Waals surface area contributed by atoms with E-state index in [0.29, 0.717) is 11.7 Å². The number of rotatable bonds is 0. The highest BCUT2D eigenvalue weighted by Gasteiger charge is 2.20. The summed E-state index contributed by atoms with van der Waals surface area (Å²) in [6, 6.07) is 5.45. The minimum absolute atomic E-state index is 0.170. The first kappa shape index (κ1) is 8.35. The van der Waals surface area contributed by atoms with Crippen molar-refractivity contribution < 1.29 is 4.39 Å². The van der Waals surface area contributed by atoms with Gasteiger partial charge < -0.3 is 10.2 Å². The number of hydrogen-bond donors (Lipinski definition) is 1. The van der Waals surface area contributed by atoms with E-state index in [1.54, 1.807) is 6.07 Å². The van der Waals surface area contributed by atoms with Crippen molar-refractivity contribution in [3.63, 3.8) is 0 Å². The van der Waals surface area contributed by atoms with Gasteiger partial charge in [0.1, 0.15) is 5.82 Å². The highest BCUT2D eigenvalue weighted by atomic mass is 19.1. The SMILES string of the molecule is CC1CN(C)c2cccc(F)c2N1. The van der Waals surface area contributed by atoms with Crippen LogP contribution in [0.1, 0.15) is 6.92 Å². The predicted molar refractivity (Wildman–Crippen MR) is 52.8 cm³/mol. The van der Waals surface area contributed by atoms with Crippen molar-refractivity contribution in [2.24, 2.45) is 0 Å². The molecule has 0 aromatic heterocycles. The Bertz CT molecular complexity index is 325. The lowest BCUT2D eigenvalue weighted by Crippen LogP contribution is -2.37. The molecule has 2 nitrogen and oxygen atoms in total. The Kier molecular flexibility index (Phi) is 1.87. The summed E-state index contributed by atoms with van der Waals surface area (Å²) in [5, 5.41) is 3.14. The average molecular weight is 180 g/mol. The largest absolute Gasteiger partial charge is 0.377 e. The lowest BCUT2D eigenvalue weighted by Gasteiger charge is -2.33. The number of benzene rings is 1.